The van der Waals surface area contributed by atoms with E-state index in [1.807, 2.05) is 53.7 Å². The fraction of sp³-hybridized carbons (Fsp3) is 0.738. The predicted octanol–water partition coefficient (Wildman–Crippen LogP) is 4.22. The van der Waals surface area contributed by atoms with Crippen LogP contribution < -0.4 is 20.7 Å². The number of hydrogen-bond acceptors (Lipinski definition) is 11. The van der Waals surface area contributed by atoms with Gasteiger partial charge in [0.25, 0.3) is 0 Å². The summed E-state index contributed by atoms with van der Waals surface area (Å²) in [4.78, 5) is 62.2. The summed E-state index contributed by atoms with van der Waals surface area (Å²) in [6.07, 6.45) is 1.71. The van der Waals surface area contributed by atoms with Crippen LogP contribution in [0.2, 0.25) is 0 Å². The zero-order valence-electron chi connectivity index (χ0n) is 34.9. The molecule has 0 spiro atoms. The van der Waals surface area contributed by atoms with Crippen LogP contribution in [0.25, 0.3) is 0 Å². The number of ether oxygens (including phenoxy) is 2. The monoisotopic (exact) mass is 801 g/mol. The van der Waals surface area contributed by atoms with Crippen molar-refractivity contribution in [2.45, 2.75) is 155 Å². The first-order chi connectivity index (χ1) is 26.4. The third-order valence-electron chi connectivity index (χ3n) is 11.6. The number of nitrogens with zero attached hydrogens (tertiary/aromatic N) is 2. The summed E-state index contributed by atoms with van der Waals surface area (Å²) in [5.41, 5.74) is 0.432. The number of carbonyl (C=O) groups excluding carboxylic acids is 4. The second-order valence-electron chi connectivity index (χ2n) is 17.3. The molecule has 5 N–H and O–H groups in total. The maximum Gasteiger partial charge on any atom is 0.329 e. The lowest BCUT2D eigenvalue weighted by atomic mass is 9.81. The summed E-state index contributed by atoms with van der Waals surface area (Å²) in [5.74, 6) is -0.848. The first kappa shape index (κ1) is 45.5. The second kappa shape index (κ2) is 20.5. The van der Waals surface area contributed by atoms with E-state index in [0.717, 1.165) is 16.4 Å². The number of amides is 3. The molecule has 13 nitrogen and oxygen atoms in total. The Kier molecular flexibility index (Phi) is 16.6. The molecule has 3 aliphatic rings. The number of fused-ring (bicyclic) bond motifs is 2. The summed E-state index contributed by atoms with van der Waals surface area (Å²) in [5, 5.41) is 32.2. The van der Waals surface area contributed by atoms with E-state index in [2.05, 4.69) is 22.9 Å². The quantitative estimate of drug-likeness (QED) is 0.271. The number of hydrogen-bond donors (Lipinski definition) is 5. The van der Waals surface area contributed by atoms with Gasteiger partial charge < -0.3 is 35.2 Å². The molecular weight excluding hydrogens is 735 g/mol. The van der Waals surface area contributed by atoms with Crippen LogP contribution in [0.3, 0.4) is 0 Å². The van der Waals surface area contributed by atoms with Gasteiger partial charge in [-0.15, -0.1) is 11.8 Å². The number of rotatable bonds is 5. The number of methoxy groups -OCH3 is 1. The van der Waals surface area contributed by atoms with E-state index in [-0.39, 0.29) is 36.1 Å². The molecule has 3 heterocycles. The number of cyclic esters (lactones) is 1. The normalized spacial score (nSPS) is 32.9. The molecule has 0 saturated carbocycles. The molecule has 3 aliphatic heterocycles. The molecule has 314 valence electrons. The summed E-state index contributed by atoms with van der Waals surface area (Å²) >= 11 is 1.62. The topological polar surface area (TPSA) is 179 Å². The van der Waals surface area contributed by atoms with Crippen LogP contribution >= 0.6 is 11.8 Å². The van der Waals surface area contributed by atoms with Gasteiger partial charge in [0.15, 0.2) is 0 Å². The Morgan fingerprint density at radius 3 is 2.34 bits per heavy atom. The fourth-order valence-corrected chi connectivity index (χ4v) is 8.81. The molecular formula is C42H67N5O8S. The maximum absolute atomic E-state index is 14.2. The minimum atomic E-state index is -1.03. The Balaban J connectivity index is 1.63. The van der Waals surface area contributed by atoms with Crippen LogP contribution in [0.15, 0.2) is 29.3 Å². The van der Waals surface area contributed by atoms with Gasteiger partial charge in [-0.25, -0.2) is 4.79 Å². The highest BCUT2D eigenvalue weighted by Crippen LogP contribution is 2.34. The Bertz CT molecular complexity index is 1520. The first-order valence-corrected chi connectivity index (χ1v) is 21.5. The fourth-order valence-electron chi connectivity index (χ4n) is 7.56. The van der Waals surface area contributed by atoms with Crippen molar-refractivity contribution in [3.05, 3.63) is 29.8 Å². The highest BCUT2D eigenvalue weighted by Gasteiger charge is 2.42. The highest BCUT2D eigenvalue weighted by molar-refractivity contribution is 8.14. The molecule has 0 aliphatic carbocycles. The van der Waals surface area contributed by atoms with Crippen LogP contribution in [0.5, 0.6) is 5.75 Å². The minimum absolute atomic E-state index is 0.0263. The van der Waals surface area contributed by atoms with Crippen LogP contribution in [0.1, 0.15) is 106 Å². The lowest BCUT2D eigenvalue weighted by molar-refractivity contribution is -0.164. The van der Waals surface area contributed by atoms with Gasteiger partial charge in [-0.05, 0) is 86.8 Å². The van der Waals surface area contributed by atoms with E-state index >= 15 is 0 Å². The molecule has 3 amide bonds. The SMILES string of the molecule is CC[C@H](C)[C@@H]1NC(=O)[C@H](C)NC(=O)[C@H](Cc2ccc(OC)cc2)NC(O)CC[C@H]2CSC(=N2)[C@H](C)[C@@H](O)C[C@H](C)C[C@@H](C(C)(C)C)OC(=O)[C@@H]2CCCN2C1=O. The third-order valence-corrected chi connectivity index (χ3v) is 12.9. The zero-order chi connectivity index (χ0) is 41.3. The molecule has 14 heteroatoms. The average molecular weight is 802 g/mol. The van der Waals surface area contributed by atoms with Crippen molar-refractivity contribution in [1.29, 1.82) is 0 Å². The third kappa shape index (κ3) is 12.4. The molecule has 1 aromatic carbocycles. The van der Waals surface area contributed by atoms with Crippen LogP contribution in [0, 0.1) is 23.2 Å². The second-order valence-corrected chi connectivity index (χ2v) is 18.4. The number of nitrogens with one attached hydrogen (secondary N) is 3. The number of benzene rings is 1. The Hall–Kier alpha value is -3.20. The number of aliphatic imine (C=N–C) groups is 1. The molecule has 0 aromatic heterocycles. The Labute approximate surface area is 337 Å². The van der Waals surface area contributed by atoms with Gasteiger partial charge in [0, 0.05) is 18.2 Å². The summed E-state index contributed by atoms with van der Waals surface area (Å²) in [7, 11) is 1.58. The molecule has 1 fully saturated rings. The molecule has 56 heavy (non-hydrogen) atoms. The van der Waals surface area contributed by atoms with Crippen molar-refractivity contribution in [2.75, 3.05) is 19.4 Å². The van der Waals surface area contributed by atoms with Crippen molar-refractivity contribution in [3.63, 3.8) is 0 Å². The number of aliphatic hydroxyl groups is 2. The largest absolute Gasteiger partial charge is 0.497 e. The minimum Gasteiger partial charge on any atom is -0.497 e. The van der Waals surface area contributed by atoms with Crippen molar-refractivity contribution < 1.29 is 38.9 Å². The van der Waals surface area contributed by atoms with Crippen molar-refractivity contribution in [1.82, 2.24) is 20.9 Å². The zero-order valence-corrected chi connectivity index (χ0v) is 35.7. The standard InChI is InChI=1S/C42H67N5O8S/c1-10-25(3)36-40(52)47-19-11-12-32(47)41(53)55-34(42(6,7)8)21-24(2)20-33(48)26(4)39-44-29(23-56-39)15-18-35(49)45-31(38(51)43-27(5)37(50)46-36)22-28-13-16-30(54-9)17-14-28/h13-14,16-17,24-27,29,31-36,45,48-49H,10-12,15,18-23H2,1-9H3,(H,43,51)(H,46,50)/t24-,25-,26+,27-,29-,31-,32-,33-,34-,35?,36-/m0/s1. The maximum atomic E-state index is 14.2. The van der Waals surface area contributed by atoms with Crippen molar-refractivity contribution >= 4 is 40.5 Å². The highest BCUT2D eigenvalue weighted by atomic mass is 32.2. The van der Waals surface area contributed by atoms with Gasteiger partial charge >= 0.3 is 5.97 Å². The van der Waals surface area contributed by atoms with Crippen LogP contribution in [-0.2, 0) is 30.3 Å². The number of esters is 1. The molecule has 1 aromatic rings. The van der Waals surface area contributed by atoms with Crippen molar-refractivity contribution in [2.24, 2.45) is 28.2 Å². The van der Waals surface area contributed by atoms with Gasteiger partial charge in [-0.3, -0.25) is 24.7 Å². The Morgan fingerprint density at radius 2 is 1.70 bits per heavy atom. The summed E-state index contributed by atoms with van der Waals surface area (Å²) in [6, 6.07) is 3.62. The van der Waals surface area contributed by atoms with E-state index in [1.54, 1.807) is 42.8 Å². The van der Waals surface area contributed by atoms with E-state index < -0.39 is 65.8 Å². The smallest absolute Gasteiger partial charge is 0.329 e. The van der Waals surface area contributed by atoms with Crippen LogP contribution in [-0.4, -0.2) is 112 Å². The van der Waals surface area contributed by atoms with Gasteiger partial charge in [0.1, 0.15) is 36.2 Å². The van der Waals surface area contributed by atoms with Gasteiger partial charge in [0.2, 0.25) is 17.7 Å². The molecule has 4 rings (SSSR count). The molecule has 11 atom stereocenters. The van der Waals surface area contributed by atoms with Gasteiger partial charge in [-0.2, -0.15) is 0 Å². The summed E-state index contributed by atoms with van der Waals surface area (Å²) in [6.45, 7) is 15.9. The van der Waals surface area contributed by atoms with E-state index in [0.29, 0.717) is 57.2 Å². The lowest BCUT2D eigenvalue weighted by Gasteiger charge is -2.36. The van der Waals surface area contributed by atoms with E-state index in [1.165, 1.54) is 0 Å². The molecule has 1 saturated heterocycles. The summed E-state index contributed by atoms with van der Waals surface area (Å²) < 4.78 is 11.5. The number of aliphatic hydroxyl groups excluding tert-OH is 2. The number of carbonyl (C=O) groups is 4. The molecule has 0 radical (unpaired) electrons. The van der Waals surface area contributed by atoms with Crippen LogP contribution in [0.4, 0.5) is 0 Å². The van der Waals surface area contributed by atoms with Gasteiger partial charge in [-0.1, -0.05) is 67.0 Å². The molecule has 1 unspecified atom stereocenters. The van der Waals surface area contributed by atoms with Crippen molar-refractivity contribution in [3.8, 4) is 5.75 Å². The first-order valence-electron chi connectivity index (χ1n) is 20.5. The van der Waals surface area contributed by atoms with E-state index in [4.69, 9.17) is 14.5 Å². The van der Waals surface area contributed by atoms with E-state index in [9.17, 15) is 29.4 Å². The molecule has 2 bridgehead atoms. The number of thioether (sulfide) groups is 1. The average Bonchev–Trinajstić information content (AvgIpc) is 3.85. The van der Waals surface area contributed by atoms with Gasteiger partial charge in [0.05, 0.1) is 30.3 Å². The predicted molar refractivity (Wildman–Crippen MR) is 219 cm³/mol. The Morgan fingerprint density at radius 1 is 1.00 bits per heavy atom. The lowest BCUT2D eigenvalue weighted by Crippen LogP contribution is -2.59.